The van der Waals surface area contributed by atoms with E-state index in [0.717, 1.165) is 18.5 Å². The molecule has 2 aromatic rings. The van der Waals surface area contributed by atoms with E-state index < -0.39 is 6.10 Å². The quantitative estimate of drug-likeness (QED) is 0.785. The predicted molar refractivity (Wildman–Crippen MR) is 92.0 cm³/mol. The molecule has 1 aromatic carbocycles. The summed E-state index contributed by atoms with van der Waals surface area (Å²) in [5, 5.41) is 11.8. The number of aliphatic hydroxyl groups is 1. The Morgan fingerprint density at radius 3 is 2.59 bits per heavy atom. The SMILES string of the molecule is CCC(/C=C(/C(O)c1ccc(Cl)cc1Cl)n1ccnc1)CC. The van der Waals surface area contributed by atoms with Gasteiger partial charge in [-0.2, -0.15) is 0 Å². The fourth-order valence-electron chi connectivity index (χ4n) is 2.38. The normalized spacial score (nSPS) is 13.6. The van der Waals surface area contributed by atoms with E-state index in [1.165, 1.54) is 0 Å². The van der Waals surface area contributed by atoms with Gasteiger partial charge in [-0.05, 0) is 30.9 Å². The van der Waals surface area contributed by atoms with Gasteiger partial charge in [-0.3, -0.25) is 0 Å². The molecule has 0 aliphatic heterocycles. The fraction of sp³-hybridized carbons (Fsp3) is 0.353. The molecular weight excluding hydrogens is 319 g/mol. The van der Waals surface area contributed by atoms with Crippen LogP contribution in [0, 0.1) is 5.92 Å². The molecule has 0 spiro atoms. The second-order valence-electron chi connectivity index (χ2n) is 5.21. The molecule has 2 rings (SSSR count). The Morgan fingerprint density at radius 2 is 2.05 bits per heavy atom. The number of allylic oxidation sites excluding steroid dienone is 1. The Hall–Kier alpha value is -1.29. The molecule has 0 fully saturated rings. The summed E-state index contributed by atoms with van der Waals surface area (Å²) >= 11 is 12.2. The Balaban J connectivity index is 2.44. The summed E-state index contributed by atoms with van der Waals surface area (Å²) in [7, 11) is 0. The molecule has 22 heavy (non-hydrogen) atoms. The van der Waals surface area contributed by atoms with Gasteiger partial charge in [0.15, 0.2) is 0 Å². The van der Waals surface area contributed by atoms with Crippen LogP contribution in [0.5, 0.6) is 0 Å². The van der Waals surface area contributed by atoms with Gasteiger partial charge in [0.05, 0.1) is 12.0 Å². The van der Waals surface area contributed by atoms with E-state index in [1.807, 2.05) is 10.8 Å². The minimum Gasteiger partial charge on any atom is -0.382 e. The van der Waals surface area contributed by atoms with Crippen LogP contribution in [-0.2, 0) is 0 Å². The molecule has 1 atom stereocenters. The molecule has 1 aromatic heterocycles. The Morgan fingerprint density at radius 1 is 1.32 bits per heavy atom. The van der Waals surface area contributed by atoms with Crippen LogP contribution in [-0.4, -0.2) is 14.7 Å². The molecule has 3 nitrogen and oxygen atoms in total. The molecule has 1 N–H and O–H groups in total. The van der Waals surface area contributed by atoms with Crippen LogP contribution in [0.15, 0.2) is 43.0 Å². The van der Waals surface area contributed by atoms with Crippen LogP contribution in [0.3, 0.4) is 0 Å². The lowest BCUT2D eigenvalue weighted by atomic mass is 9.98. The Kier molecular flexibility index (Phi) is 6.07. The summed E-state index contributed by atoms with van der Waals surface area (Å²) in [6, 6.07) is 5.13. The van der Waals surface area contributed by atoms with Gasteiger partial charge in [0.1, 0.15) is 6.10 Å². The second-order valence-corrected chi connectivity index (χ2v) is 6.05. The molecule has 0 amide bonds. The molecule has 5 heteroatoms. The molecule has 0 bridgehead atoms. The maximum absolute atomic E-state index is 10.8. The van der Waals surface area contributed by atoms with Crippen LogP contribution in [0.1, 0.15) is 38.4 Å². The van der Waals surface area contributed by atoms with E-state index in [-0.39, 0.29) is 0 Å². The van der Waals surface area contributed by atoms with Crippen LogP contribution >= 0.6 is 23.2 Å². The Bertz CT molecular complexity index is 634. The van der Waals surface area contributed by atoms with Crippen molar-refractivity contribution in [2.75, 3.05) is 0 Å². The highest BCUT2D eigenvalue weighted by Gasteiger charge is 2.19. The molecule has 1 heterocycles. The Labute approximate surface area is 141 Å². The highest BCUT2D eigenvalue weighted by molar-refractivity contribution is 6.35. The minimum absolute atomic E-state index is 0.387. The number of imidazole rings is 1. The van der Waals surface area contributed by atoms with Gasteiger partial charge in [0.25, 0.3) is 0 Å². The van der Waals surface area contributed by atoms with Crippen LogP contribution in [0.4, 0.5) is 0 Å². The fourth-order valence-corrected chi connectivity index (χ4v) is 2.89. The minimum atomic E-state index is -0.834. The van der Waals surface area contributed by atoms with E-state index >= 15 is 0 Å². The van der Waals surface area contributed by atoms with Crippen molar-refractivity contribution in [3.05, 3.63) is 58.6 Å². The summed E-state index contributed by atoms with van der Waals surface area (Å²) in [6.45, 7) is 4.27. The third kappa shape index (κ3) is 3.92. The monoisotopic (exact) mass is 338 g/mol. The number of aliphatic hydroxyl groups excluding tert-OH is 1. The largest absolute Gasteiger partial charge is 0.382 e. The van der Waals surface area contributed by atoms with E-state index in [1.54, 1.807) is 30.7 Å². The standard InChI is InChI=1S/C17H20Cl2N2O/c1-3-12(4-2)9-16(21-8-7-20-11-21)17(22)14-6-5-13(18)10-15(14)19/h5-12,17,22H,3-4H2,1-2H3/b16-9-. The van der Waals surface area contributed by atoms with Gasteiger partial charge in [0.2, 0.25) is 0 Å². The summed E-state index contributed by atoms with van der Waals surface area (Å²) in [5.41, 5.74) is 1.40. The zero-order chi connectivity index (χ0) is 16.1. The molecule has 0 radical (unpaired) electrons. The van der Waals surface area contributed by atoms with E-state index in [9.17, 15) is 5.11 Å². The lowest BCUT2D eigenvalue weighted by molar-refractivity contribution is 0.231. The maximum Gasteiger partial charge on any atom is 0.120 e. The first-order valence-electron chi connectivity index (χ1n) is 7.39. The lowest BCUT2D eigenvalue weighted by Gasteiger charge is -2.20. The van der Waals surface area contributed by atoms with Crippen molar-refractivity contribution in [1.82, 2.24) is 9.55 Å². The summed E-state index contributed by atoms with van der Waals surface area (Å²) in [5.74, 6) is 0.387. The van der Waals surface area contributed by atoms with Gasteiger partial charge in [-0.1, -0.05) is 49.2 Å². The smallest absolute Gasteiger partial charge is 0.120 e. The van der Waals surface area contributed by atoms with Gasteiger partial charge >= 0.3 is 0 Å². The highest BCUT2D eigenvalue weighted by Crippen LogP contribution is 2.33. The zero-order valence-electron chi connectivity index (χ0n) is 12.7. The van der Waals surface area contributed by atoms with Crippen molar-refractivity contribution in [3.8, 4) is 0 Å². The maximum atomic E-state index is 10.8. The van der Waals surface area contributed by atoms with E-state index in [0.29, 0.717) is 21.5 Å². The van der Waals surface area contributed by atoms with Crippen LogP contribution < -0.4 is 0 Å². The molecule has 0 aliphatic rings. The molecule has 1 unspecified atom stereocenters. The topological polar surface area (TPSA) is 38.0 Å². The second kappa shape index (κ2) is 7.82. The highest BCUT2D eigenvalue weighted by atomic mass is 35.5. The van der Waals surface area contributed by atoms with Gasteiger partial charge in [-0.15, -0.1) is 0 Å². The van der Waals surface area contributed by atoms with Crippen molar-refractivity contribution in [3.63, 3.8) is 0 Å². The third-order valence-electron chi connectivity index (χ3n) is 3.80. The van der Waals surface area contributed by atoms with Crippen LogP contribution in [0.25, 0.3) is 5.70 Å². The first-order valence-corrected chi connectivity index (χ1v) is 8.15. The summed E-state index contributed by atoms with van der Waals surface area (Å²) < 4.78 is 1.83. The average Bonchev–Trinajstić information content (AvgIpc) is 3.02. The number of hydrogen-bond donors (Lipinski definition) is 1. The lowest BCUT2D eigenvalue weighted by Crippen LogP contribution is -2.09. The number of aromatic nitrogens is 2. The summed E-state index contributed by atoms with van der Waals surface area (Å²) in [4.78, 5) is 4.07. The number of rotatable bonds is 6. The number of nitrogens with zero attached hydrogens (tertiary/aromatic N) is 2. The van der Waals surface area contributed by atoms with Gasteiger partial charge in [0, 0.05) is 28.0 Å². The van der Waals surface area contributed by atoms with Crippen molar-refractivity contribution in [2.45, 2.75) is 32.8 Å². The number of halogens is 2. The summed E-state index contributed by atoms with van der Waals surface area (Å²) in [6.07, 6.45) is 8.47. The molecule has 118 valence electrons. The molecule has 0 saturated heterocycles. The zero-order valence-corrected chi connectivity index (χ0v) is 14.2. The average molecular weight is 339 g/mol. The molecular formula is C17H20Cl2N2O. The van der Waals surface area contributed by atoms with Crippen molar-refractivity contribution in [2.24, 2.45) is 5.92 Å². The van der Waals surface area contributed by atoms with Gasteiger partial charge < -0.3 is 9.67 Å². The van der Waals surface area contributed by atoms with Gasteiger partial charge in [-0.25, -0.2) is 4.98 Å². The van der Waals surface area contributed by atoms with Crippen molar-refractivity contribution < 1.29 is 5.11 Å². The first kappa shape index (κ1) is 17.1. The number of benzene rings is 1. The van der Waals surface area contributed by atoms with Crippen molar-refractivity contribution >= 4 is 28.9 Å². The predicted octanol–water partition coefficient (Wildman–Crippen LogP) is 5.20. The van der Waals surface area contributed by atoms with Crippen molar-refractivity contribution in [1.29, 1.82) is 0 Å². The van der Waals surface area contributed by atoms with E-state index in [2.05, 4.69) is 24.9 Å². The molecule has 0 aliphatic carbocycles. The number of hydrogen-bond acceptors (Lipinski definition) is 2. The molecule has 0 saturated carbocycles. The van der Waals surface area contributed by atoms with E-state index in [4.69, 9.17) is 23.2 Å². The van der Waals surface area contributed by atoms with Crippen LogP contribution in [0.2, 0.25) is 10.0 Å². The first-order chi connectivity index (χ1) is 10.6. The third-order valence-corrected chi connectivity index (χ3v) is 4.36.